The SMILES string of the molecule is CC(/C=C(\C)Nc1ccccc1)=Nc1c(C(C)C)cccc1C(C)C. The van der Waals surface area contributed by atoms with Crippen LogP contribution in [0.5, 0.6) is 0 Å². The van der Waals surface area contributed by atoms with Crippen molar-refractivity contribution in [1.29, 1.82) is 0 Å². The van der Waals surface area contributed by atoms with E-state index < -0.39 is 0 Å². The van der Waals surface area contributed by atoms with Crippen molar-refractivity contribution < 1.29 is 0 Å². The van der Waals surface area contributed by atoms with Crippen molar-refractivity contribution in [3.8, 4) is 0 Å². The van der Waals surface area contributed by atoms with Gasteiger partial charge in [0.05, 0.1) is 5.69 Å². The molecule has 0 radical (unpaired) electrons. The molecule has 1 N–H and O–H groups in total. The minimum absolute atomic E-state index is 0.456. The van der Waals surface area contributed by atoms with Crippen LogP contribution in [0.25, 0.3) is 0 Å². The Hall–Kier alpha value is -2.35. The number of aliphatic imine (C=N–C) groups is 1. The van der Waals surface area contributed by atoms with E-state index in [1.165, 1.54) is 11.1 Å². The van der Waals surface area contributed by atoms with Gasteiger partial charge < -0.3 is 5.32 Å². The van der Waals surface area contributed by atoms with Gasteiger partial charge in [0, 0.05) is 17.1 Å². The minimum atomic E-state index is 0.456. The van der Waals surface area contributed by atoms with E-state index in [0.29, 0.717) is 11.8 Å². The first-order chi connectivity index (χ1) is 11.9. The molecule has 0 aromatic heterocycles. The van der Waals surface area contributed by atoms with Crippen molar-refractivity contribution in [1.82, 2.24) is 0 Å². The molecule has 0 unspecified atom stereocenters. The van der Waals surface area contributed by atoms with Crippen molar-refractivity contribution >= 4 is 17.1 Å². The number of nitrogens with one attached hydrogen (secondary N) is 1. The Kier molecular flexibility index (Phi) is 6.58. The third-order valence-electron chi connectivity index (χ3n) is 4.17. The van der Waals surface area contributed by atoms with Crippen molar-refractivity contribution in [3.05, 3.63) is 71.4 Å². The second kappa shape index (κ2) is 8.66. The minimum Gasteiger partial charge on any atom is -0.359 e. The molecule has 0 aliphatic carbocycles. The number of allylic oxidation sites excluding steroid dienone is 2. The topological polar surface area (TPSA) is 24.4 Å². The van der Waals surface area contributed by atoms with E-state index in [1.54, 1.807) is 0 Å². The molecular weight excluding hydrogens is 304 g/mol. The molecular formula is C23H30N2. The summed E-state index contributed by atoms with van der Waals surface area (Å²) < 4.78 is 0. The highest BCUT2D eigenvalue weighted by Crippen LogP contribution is 2.34. The Morgan fingerprint density at radius 2 is 1.40 bits per heavy atom. The van der Waals surface area contributed by atoms with Crippen molar-refractivity contribution in [2.24, 2.45) is 4.99 Å². The van der Waals surface area contributed by atoms with Gasteiger partial charge in [0.2, 0.25) is 0 Å². The number of anilines is 1. The highest BCUT2D eigenvalue weighted by atomic mass is 14.9. The Bertz CT molecular complexity index is 727. The average Bonchev–Trinajstić information content (AvgIpc) is 2.55. The second-order valence-electron chi connectivity index (χ2n) is 7.17. The van der Waals surface area contributed by atoms with E-state index in [-0.39, 0.29) is 0 Å². The molecule has 2 heteroatoms. The Balaban J connectivity index is 2.34. The quantitative estimate of drug-likeness (QED) is 0.563. The standard InChI is InChI=1S/C23H30N2/c1-16(2)21-13-10-14-22(17(3)4)23(21)25-19(6)15-18(5)24-20-11-8-7-9-12-20/h7-17,24H,1-6H3/b18-15+,25-19?. The van der Waals surface area contributed by atoms with Gasteiger partial charge in [-0.15, -0.1) is 0 Å². The van der Waals surface area contributed by atoms with Crippen LogP contribution in [0.15, 0.2) is 65.3 Å². The maximum Gasteiger partial charge on any atom is 0.0701 e. The molecule has 0 spiro atoms. The number of hydrogen-bond acceptors (Lipinski definition) is 2. The van der Waals surface area contributed by atoms with Crippen LogP contribution in [-0.2, 0) is 0 Å². The maximum atomic E-state index is 4.98. The Labute approximate surface area is 152 Å². The average molecular weight is 335 g/mol. The monoisotopic (exact) mass is 334 g/mol. The lowest BCUT2D eigenvalue weighted by molar-refractivity contribution is 0.834. The fourth-order valence-electron chi connectivity index (χ4n) is 2.95. The molecule has 0 aliphatic heterocycles. The lowest BCUT2D eigenvalue weighted by Crippen LogP contribution is -2.00. The predicted octanol–water partition coefficient (Wildman–Crippen LogP) is 7.04. The summed E-state index contributed by atoms with van der Waals surface area (Å²) in [7, 11) is 0. The highest BCUT2D eigenvalue weighted by Gasteiger charge is 2.13. The number of para-hydroxylation sites is 2. The first-order valence-corrected chi connectivity index (χ1v) is 9.07. The van der Waals surface area contributed by atoms with Crippen molar-refractivity contribution in [2.45, 2.75) is 53.4 Å². The van der Waals surface area contributed by atoms with Crippen molar-refractivity contribution in [2.75, 3.05) is 5.32 Å². The summed E-state index contributed by atoms with van der Waals surface area (Å²) in [5.74, 6) is 0.913. The fourth-order valence-corrected chi connectivity index (χ4v) is 2.95. The first kappa shape index (κ1) is 19.0. The summed E-state index contributed by atoms with van der Waals surface area (Å²) in [4.78, 5) is 4.98. The van der Waals surface area contributed by atoms with Gasteiger partial charge >= 0.3 is 0 Å². The summed E-state index contributed by atoms with van der Waals surface area (Å²) in [6, 6.07) is 16.8. The summed E-state index contributed by atoms with van der Waals surface area (Å²) >= 11 is 0. The number of benzene rings is 2. The van der Waals surface area contributed by atoms with Crippen LogP contribution in [0.4, 0.5) is 11.4 Å². The zero-order valence-electron chi connectivity index (χ0n) is 16.3. The molecule has 132 valence electrons. The van der Waals surface area contributed by atoms with Gasteiger partial charge in [-0.05, 0) is 55.0 Å². The van der Waals surface area contributed by atoms with Crippen LogP contribution < -0.4 is 5.32 Å². The van der Waals surface area contributed by atoms with Crippen LogP contribution in [0.2, 0.25) is 0 Å². The first-order valence-electron chi connectivity index (χ1n) is 9.07. The number of rotatable bonds is 6. The molecule has 0 heterocycles. The van der Waals surface area contributed by atoms with Gasteiger partial charge in [-0.1, -0.05) is 64.1 Å². The van der Waals surface area contributed by atoms with E-state index in [4.69, 9.17) is 4.99 Å². The molecule has 0 fully saturated rings. The molecule has 2 aromatic carbocycles. The van der Waals surface area contributed by atoms with E-state index >= 15 is 0 Å². The summed E-state index contributed by atoms with van der Waals surface area (Å²) in [6.07, 6.45) is 2.11. The number of hydrogen-bond donors (Lipinski definition) is 1. The zero-order chi connectivity index (χ0) is 18.4. The molecule has 2 aromatic rings. The smallest absolute Gasteiger partial charge is 0.0701 e. The Morgan fingerprint density at radius 1 is 0.840 bits per heavy atom. The molecule has 0 saturated carbocycles. The highest BCUT2D eigenvalue weighted by molar-refractivity contribution is 5.96. The van der Waals surface area contributed by atoms with Crippen LogP contribution in [0, 0.1) is 0 Å². The van der Waals surface area contributed by atoms with Gasteiger partial charge in [-0.2, -0.15) is 0 Å². The second-order valence-corrected chi connectivity index (χ2v) is 7.17. The molecule has 25 heavy (non-hydrogen) atoms. The van der Waals surface area contributed by atoms with Crippen molar-refractivity contribution in [3.63, 3.8) is 0 Å². The molecule has 0 aliphatic rings. The fraction of sp³-hybridized carbons (Fsp3) is 0.348. The molecule has 0 atom stereocenters. The molecule has 0 bridgehead atoms. The van der Waals surface area contributed by atoms with Gasteiger partial charge in [-0.3, -0.25) is 4.99 Å². The van der Waals surface area contributed by atoms with E-state index in [2.05, 4.69) is 83.3 Å². The van der Waals surface area contributed by atoms with Gasteiger partial charge in [0.1, 0.15) is 0 Å². The molecule has 2 rings (SSSR count). The maximum absolute atomic E-state index is 4.98. The largest absolute Gasteiger partial charge is 0.359 e. The van der Waals surface area contributed by atoms with Crippen LogP contribution in [0.3, 0.4) is 0 Å². The van der Waals surface area contributed by atoms with Gasteiger partial charge in [0.15, 0.2) is 0 Å². The van der Waals surface area contributed by atoms with Crippen LogP contribution in [-0.4, -0.2) is 5.71 Å². The van der Waals surface area contributed by atoms with Crippen LogP contribution in [0.1, 0.15) is 64.5 Å². The molecule has 0 amide bonds. The number of nitrogens with zero attached hydrogens (tertiary/aromatic N) is 1. The Morgan fingerprint density at radius 3 is 1.92 bits per heavy atom. The lowest BCUT2D eigenvalue weighted by atomic mass is 9.93. The summed E-state index contributed by atoms with van der Waals surface area (Å²) in [5.41, 5.74) is 6.94. The predicted molar refractivity (Wildman–Crippen MR) is 111 cm³/mol. The van der Waals surface area contributed by atoms with Gasteiger partial charge in [-0.25, -0.2) is 0 Å². The lowest BCUT2D eigenvalue weighted by Gasteiger charge is -2.17. The van der Waals surface area contributed by atoms with E-state index in [9.17, 15) is 0 Å². The van der Waals surface area contributed by atoms with Gasteiger partial charge in [0.25, 0.3) is 0 Å². The van der Waals surface area contributed by atoms with E-state index in [1.807, 2.05) is 18.2 Å². The third kappa shape index (κ3) is 5.32. The third-order valence-corrected chi connectivity index (χ3v) is 4.17. The van der Waals surface area contributed by atoms with Crippen LogP contribution >= 0.6 is 0 Å². The molecule has 2 nitrogen and oxygen atoms in total. The zero-order valence-corrected chi connectivity index (χ0v) is 16.3. The normalized spacial score (nSPS) is 12.8. The summed E-state index contributed by atoms with van der Waals surface area (Å²) in [6.45, 7) is 13.1. The molecule has 0 saturated heterocycles. The van der Waals surface area contributed by atoms with E-state index in [0.717, 1.165) is 22.8 Å². The summed E-state index contributed by atoms with van der Waals surface area (Å²) in [5, 5.41) is 3.41.